The maximum absolute atomic E-state index is 12.5. The van der Waals surface area contributed by atoms with Crippen molar-refractivity contribution in [2.75, 3.05) is 13.2 Å². The maximum Gasteiger partial charge on any atom is 0.244 e. The predicted octanol–water partition coefficient (Wildman–Crippen LogP) is 3.02. The van der Waals surface area contributed by atoms with E-state index in [1.54, 1.807) is 13.0 Å². The van der Waals surface area contributed by atoms with Crippen molar-refractivity contribution in [2.24, 2.45) is 5.73 Å². The number of amides is 1. The van der Waals surface area contributed by atoms with E-state index in [1.165, 1.54) is 0 Å². The van der Waals surface area contributed by atoms with Crippen LogP contribution in [-0.4, -0.2) is 19.1 Å². The average Bonchev–Trinajstić information content (AvgIpc) is 2.60. The van der Waals surface area contributed by atoms with Crippen LogP contribution < -0.4 is 20.5 Å². The number of fused-ring (bicyclic) bond motifs is 1. The third-order valence-electron chi connectivity index (χ3n) is 3.95. The van der Waals surface area contributed by atoms with Gasteiger partial charge in [0.05, 0.1) is 5.02 Å². The van der Waals surface area contributed by atoms with Gasteiger partial charge in [-0.1, -0.05) is 41.9 Å². The lowest BCUT2D eigenvalue weighted by Gasteiger charge is -2.24. The summed E-state index contributed by atoms with van der Waals surface area (Å²) < 4.78 is 11.0. The van der Waals surface area contributed by atoms with E-state index in [2.05, 4.69) is 5.32 Å². The van der Waals surface area contributed by atoms with Gasteiger partial charge in [-0.2, -0.15) is 0 Å². The number of halogens is 2. The van der Waals surface area contributed by atoms with Gasteiger partial charge in [-0.25, -0.2) is 0 Å². The molecule has 7 heteroatoms. The first kappa shape index (κ1) is 19.4. The summed E-state index contributed by atoms with van der Waals surface area (Å²) in [5.74, 6) is 0.877. The summed E-state index contributed by atoms with van der Waals surface area (Å²) in [5, 5.41) is 3.32. The molecule has 3 rings (SSSR count). The van der Waals surface area contributed by atoms with Gasteiger partial charge in [0.2, 0.25) is 5.91 Å². The smallest absolute Gasteiger partial charge is 0.244 e. The second-order valence-electron chi connectivity index (χ2n) is 5.85. The third kappa shape index (κ3) is 4.18. The van der Waals surface area contributed by atoms with E-state index in [4.69, 9.17) is 26.8 Å². The van der Waals surface area contributed by atoms with Crippen LogP contribution in [0.25, 0.3) is 0 Å². The minimum atomic E-state index is -1.11. The van der Waals surface area contributed by atoms with E-state index in [0.717, 1.165) is 11.1 Å². The second-order valence-corrected chi connectivity index (χ2v) is 6.26. The van der Waals surface area contributed by atoms with E-state index in [-0.39, 0.29) is 18.3 Å². The maximum atomic E-state index is 12.5. The molecular weight excluding hydrogens is 363 g/mol. The highest BCUT2D eigenvalue weighted by molar-refractivity contribution is 6.32. The first-order valence-electron chi connectivity index (χ1n) is 7.69. The minimum absolute atomic E-state index is 0. The molecule has 1 amide bonds. The summed E-state index contributed by atoms with van der Waals surface area (Å²) >= 11 is 6.21. The number of hydrogen-bond acceptors (Lipinski definition) is 4. The Labute approximate surface area is 157 Å². The quantitative estimate of drug-likeness (QED) is 0.851. The van der Waals surface area contributed by atoms with Crippen LogP contribution in [0.15, 0.2) is 42.5 Å². The van der Waals surface area contributed by atoms with Gasteiger partial charge >= 0.3 is 0 Å². The highest BCUT2D eigenvalue weighted by Gasteiger charge is 2.30. The van der Waals surface area contributed by atoms with Crippen molar-refractivity contribution in [2.45, 2.75) is 19.0 Å². The van der Waals surface area contributed by atoms with Crippen LogP contribution in [-0.2, 0) is 16.9 Å². The van der Waals surface area contributed by atoms with Crippen LogP contribution in [0, 0.1) is 0 Å². The van der Waals surface area contributed by atoms with Crippen molar-refractivity contribution in [1.29, 1.82) is 0 Å². The molecule has 1 aliphatic heterocycles. The Morgan fingerprint density at radius 3 is 2.64 bits per heavy atom. The number of nitrogens with two attached hydrogens (primary N) is 1. The Balaban J connectivity index is 0.00000225. The molecule has 0 radical (unpaired) electrons. The molecule has 134 valence electrons. The van der Waals surface area contributed by atoms with Crippen LogP contribution in [0.5, 0.6) is 11.5 Å². The van der Waals surface area contributed by atoms with Gasteiger partial charge in [-0.05, 0) is 30.2 Å². The van der Waals surface area contributed by atoms with E-state index >= 15 is 0 Å². The van der Waals surface area contributed by atoms with Gasteiger partial charge in [0.15, 0.2) is 11.5 Å². The zero-order valence-electron chi connectivity index (χ0n) is 13.8. The molecule has 0 bridgehead atoms. The molecule has 1 atom stereocenters. The van der Waals surface area contributed by atoms with Crippen LogP contribution in [0.1, 0.15) is 18.1 Å². The van der Waals surface area contributed by atoms with E-state index in [1.807, 2.05) is 36.4 Å². The zero-order valence-corrected chi connectivity index (χ0v) is 15.3. The van der Waals surface area contributed by atoms with Gasteiger partial charge in [0.25, 0.3) is 0 Å². The largest absolute Gasteiger partial charge is 0.486 e. The molecule has 1 unspecified atom stereocenters. The molecule has 0 saturated carbocycles. The molecule has 1 heterocycles. The first-order chi connectivity index (χ1) is 11.5. The number of benzene rings is 2. The summed E-state index contributed by atoms with van der Waals surface area (Å²) in [6.07, 6.45) is 0. The van der Waals surface area contributed by atoms with Crippen molar-refractivity contribution >= 4 is 29.9 Å². The highest BCUT2D eigenvalue weighted by Crippen LogP contribution is 2.38. The average molecular weight is 383 g/mol. The fourth-order valence-corrected chi connectivity index (χ4v) is 2.84. The van der Waals surface area contributed by atoms with Gasteiger partial charge in [-0.15, -0.1) is 12.4 Å². The lowest BCUT2D eigenvalue weighted by molar-refractivity contribution is -0.126. The predicted molar refractivity (Wildman–Crippen MR) is 99.5 cm³/mol. The van der Waals surface area contributed by atoms with E-state index < -0.39 is 5.54 Å². The Bertz CT molecular complexity index is 751. The number of hydrogen-bond donors (Lipinski definition) is 2. The van der Waals surface area contributed by atoms with Crippen molar-refractivity contribution in [3.8, 4) is 11.5 Å². The Kier molecular flexibility index (Phi) is 6.16. The zero-order chi connectivity index (χ0) is 17.2. The summed E-state index contributed by atoms with van der Waals surface area (Å²) in [5.41, 5.74) is 6.66. The van der Waals surface area contributed by atoms with Crippen LogP contribution in [0.4, 0.5) is 0 Å². The molecule has 25 heavy (non-hydrogen) atoms. The Morgan fingerprint density at radius 1 is 1.24 bits per heavy atom. The Morgan fingerprint density at radius 2 is 1.92 bits per heavy atom. The summed E-state index contributed by atoms with van der Waals surface area (Å²) in [6.45, 7) is 2.95. The van der Waals surface area contributed by atoms with Crippen molar-refractivity contribution in [1.82, 2.24) is 5.32 Å². The van der Waals surface area contributed by atoms with Crippen molar-refractivity contribution in [3.63, 3.8) is 0 Å². The van der Waals surface area contributed by atoms with Gasteiger partial charge < -0.3 is 20.5 Å². The van der Waals surface area contributed by atoms with Gasteiger partial charge in [-0.3, -0.25) is 4.79 Å². The Hall–Kier alpha value is -1.95. The van der Waals surface area contributed by atoms with Crippen molar-refractivity contribution in [3.05, 3.63) is 58.6 Å². The molecule has 3 N–H and O–H groups in total. The number of rotatable bonds is 4. The number of nitrogens with one attached hydrogen (secondary N) is 1. The summed E-state index contributed by atoms with van der Waals surface area (Å²) in [6, 6.07) is 12.8. The highest BCUT2D eigenvalue weighted by atomic mass is 35.5. The molecule has 0 spiro atoms. The molecule has 0 fully saturated rings. The normalized spacial score (nSPS) is 14.8. The summed E-state index contributed by atoms with van der Waals surface area (Å²) in [4.78, 5) is 12.5. The lowest BCUT2D eigenvalue weighted by Crippen LogP contribution is -2.48. The minimum Gasteiger partial charge on any atom is -0.486 e. The number of ether oxygens (including phenoxy) is 2. The second kappa shape index (κ2) is 7.95. The monoisotopic (exact) mass is 382 g/mol. The SMILES string of the molecule is CC(N)(C(=O)NCc1cc(Cl)c2c(c1)OCCO2)c1ccccc1.Cl. The first-order valence-corrected chi connectivity index (χ1v) is 8.07. The molecule has 2 aromatic carbocycles. The fourth-order valence-electron chi connectivity index (χ4n) is 2.55. The topological polar surface area (TPSA) is 73.6 Å². The van der Waals surface area contributed by atoms with Crippen molar-refractivity contribution < 1.29 is 14.3 Å². The number of carbonyl (C=O) groups excluding carboxylic acids is 1. The molecule has 0 aromatic heterocycles. The van der Waals surface area contributed by atoms with Crippen LogP contribution >= 0.6 is 24.0 Å². The molecular formula is C18H20Cl2N2O3. The van der Waals surface area contributed by atoms with E-state index in [0.29, 0.717) is 36.3 Å². The summed E-state index contributed by atoms with van der Waals surface area (Å²) in [7, 11) is 0. The molecule has 5 nitrogen and oxygen atoms in total. The van der Waals surface area contributed by atoms with Crippen LogP contribution in [0.2, 0.25) is 5.02 Å². The fraction of sp³-hybridized carbons (Fsp3) is 0.278. The standard InChI is InChI=1S/C18H19ClN2O3.ClH/c1-18(20,13-5-3-2-4-6-13)17(22)21-11-12-9-14(19)16-15(10-12)23-7-8-24-16;/h2-6,9-10H,7-8,11,20H2,1H3,(H,21,22);1H. The lowest BCUT2D eigenvalue weighted by atomic mass is 9.92. The molecule has 0 aliphatic carbocycles. The van der Waals surface area contributed by atoms with Gasteiger partial charge in [0.1, 0.15) is 18.8 Å². The van der Waals surface area contributed by atoms with Gasteiger partial charge in [0, 0.05) is 6.54 Å². The molecule has 2 aromatic rings. The van der Waals surface area contributed by atoms with E-state index in [9.17, 15) is 4.79 Å². The molecule has 1 aliphatic rings. The molecule has 0 saturated heterocycles. The third-order valence-corrected chi connectivity index (χ3v) is 4.24. The number of carbonyl (C=O) groups is 1. The van der Waals surface area contributed by atoms with Crippen LogP contribution in [0.3, 0.4) is 0 Å².